The lowest BCUT2D eigenvalue weighted by Crippen LogP contribution is -2.15. The molecule has 3 heteroatoms. The van der Waals surface area contributed by atoms with E-state index in [0.717, 1.165) is 13.0 Å². The standard InChI is InChI=1S/C7H14N2O/c1-3-4-9-5-6(2)7(8)10/h5,9H,3-4H2,1-2H3,(H2,8,10)/b6-5+. The largest absolute Gasteiger partial charge is 0.391 e. The Morgan fingerprint density at radius 3 is 2.70 bits per heavy atom. The van der Waals surface area contributed by atoms with E-state index in [2.05, 4.69) is 12.2 Å². The SMILES string of the molecule is CCCN/C=C(\C)C(N)=O. The molecule has 0 atom stereocenters. The fourth-order valence-corrected chi connectivity index (χ4v) is 0.441. The highest BCUT2D eigenvalue weighted by molar-refractivity contribution is 5.91. The van der Waals surface area contributed by atoms with Crippen LogP contribution in [-0.4, -0.2) is 12.5 Å². The normalized spacial score (nSPS) is 11.2. The van der Waals surface area contributed by atoms with Crippen LogP contribution in [0.2, 0.25) is 0 Å². The van der Waals surface area contributed by atoms with Crippen molar-refractivity contribution in [1.29, 1.82) is 0 Å². The molecule has 1 amide bonds. The first kappa shape index (κ1) is 9.01. The molecule has 3 nitrogen and oxygen atoms in total. The third-order valence-corrected chi connectivity index (χ3v) is 1.10. The average Bonchev–Trinajstić information content (AvgIpc) is 1.88. The van der Waals surface area contributed by atoms with Crippen LogP contribution in [0.25, 0.3) is 0 Å². The lowest BCUT2D eigenvalue weighted by atomic mass is 10.3. The molecule has 0 spiro atoms. The summed E-state index contributed by atoms with van der Waals surface area (Å²) in [6.45, 7) is 4.62. The molecule has 0 aliphatic carbocycles. The van der Waals surface area contributed by atoms with Gasteiger partial charge in [0.1, 0.15) is 0 Å². The molecule has 0 radical (unpaired) electrons. The molecule has 0 aromatic carbocycles. The molecule has 0 bridgehead atoms. The van der Waals surface area contributed by atoms with E-state index in [9.17, 15) is 4.79 Å². The Kier molecular flexibility index (Phi) is 4.37. The zero-order valence-electron chi connectivity index (χ0n) is 6.48. The maximum absolute atomic E-state index is 10.4. The lowest BCUT2D eigenvalue weighted by Gasteiger charge is -1.97. The van der Waals surface area contributed by atoms with Gasteiger partial charge in [0.05, 0.1) is 0 Å². The zero-order valence-corrected chi connectivity index (χ0v) is 6.48. The maximum atomic E-state index is 10.4. The van der Waals surface area contributed by atoms with Crippen molar-refractivity contribution in [1.82, 2.24) is 5.32 Å². The summed E-state index contributed by atoms with van der Waals surface area (Å²) in [5.41, 5.74) is 5.53. The first-order valence-electron chi connectivity index (χ1n) is 3.38. The van der Waals surface area contributed by atoms with Crippen LogP contribution >= 0.6 is 0 Å². The summed E-state index contributed by atoms with van der Waals surface area (Å²) < 4.78 is 0. The minimum Gasteiger partial charge on any atom is -0.391 e. The summed E-state index contributed by atoms with van der Waals surface area (Å²) in [6, 6.07) is 0. The van der Waals surface area contributed by atoms with E-state index >= 15 is 0 Å². The van der Waals surface area contributed by atoms with E-state index in [1.54, 1.807) is 13.1 Å². The first-order chi connectivity index (χ1) is 4.68. The molecule has 0 fully saturated rings. The van der Waals surface area contributed by atoms with Crippen LogP contribution in [0.15, 0.2) is 11.8 Å². The van der Waals surface area contributed by atoms with Crippen molar-refractivity contribution in [3.05, 3.63) is 11.8 Å². The van der Waals surface area contributed by atoms with Crippen LogP contribution in [0.3, 0.4) is 0 Å². The van der Waals surface area contributed by atoms with Crippen LogP contribution in [0.5, 0.6) is 0 Å². The Hall–Kier alpha value is -0.990. The molecule has 0 aromatic heterocycles. The highest BCUT2D eigenvalue weighted by Gasteiger charge is 1.93. The molecule has 10 heavy (non-hydrogen) atoms. The number of primary amides is 1. The van der Waals surface area contributed by atoms with Gasteiger partial charge in [0.25, 0.3) is 0 Å². The second-order valence-electron chi connectivity index (χ2n) is 2.15. The molecular weight excluding hydrogens is 128 g/mol. The van der Waals surface area contributed by atoms with Gasteiger partial charge in [0, 0.05) is 18.3 Å². The van der Waals surface area contributed by atoms with Crippen molar-refractivity contribution in [2.45, 2.75) is 20.3 Å². The predicted molar refractivity (Wildman–Crippen MR) is 41.2 cm³/mol. The Bertz CT molecular complexity index is 141. The molecular formula is C7H14N2O. The second-order valence-corrected chi connectivity index (χ2v) is 2.15. The minimum atomic E-state index is -0.372. The van der Waals surface area contributed by atoms with Crippen molar-refractivity contribution >= 4 is 5.91 Å². The van der Waals surface area contributed by atoms with Gasteiger partial charge in [0.2, 0.25) is 5.91 Å². The van der Waals surface area contributed by atoms with E-state index in [4.69, 9.17) is 5.73 Å². The third-order valence-electron chi connectivity index (χ3n) is 1.10. The van der Waals surface area contributed by atoms with Gasteiger partial charge >= 0.3 is 0 Å². The summed E-state index contributed by atoms with van der Waals surface area (Å²) in [6.07, 6.45) is 2.69. The number of hydrogen-bond acceptors (Lipinski definition) is 2. The van der Waals surface area contributed by atoms with Crippen LogP contribution in [0, 0.1) is 0 Å². The van der Waals surface area contributed by atoms with Crippen LogP contribution in [0.1, 0.15) is 20.3 Å². The van der Waals surface area contributed by atoms with Crippen LogP contribution in [-0.2, 0) is 4.79 Å². The van der Waals surface area contributed by atoms with Gasteiger partial charge in [-0.2, -0.15) is 0 Å². The molecule has 0 heterocycles. The maximum Gasteiger partial charge on any atom is 0.245 e. The number of hydrogen-bond donors (Lipinski definition) is 2. The van der Waals surface area contributed by atoms with Crippen molar-refractivity contribution in [2.75, 3.05) is 6.54 Å². The van der Waals surface area contributed by atoms with Gasteiger partial charge in [0.15, 0.2) is 0 Å². The van der Waals surface area contributed by atoms with Gasteiger partial charge in [-0.25, -0.2) is 0 Å². The first-order valence-corrected chi connectivity index (χ1v) is 3.38. The lowest BCUT2D eigenvalue weighted by molar-refractivity contribution is -0.114. The Morgan fingerprint density at radius 2 is 2.30 bits per heavy atom. The number of carbonyl (C=O) groups excluding carboxylic acids is 1. The summed E-state index contributed by atoms with van der Waals surface area (Å²) in [5.74, 6) is -0.372. The topological polar surface area (TPSA) is 55.1 Å². The van der Waals surface area contributed by atoms with Crippen LogP contribution in [0.4, 0.5) is 0 Å². The van der Waals surface area contributed by atoms with Crippen molar-refractivity contribution in [3.8, 4) is 0 Å². The van der Waals surface area contributed by atoms with Gasteiger partial charge in [-0.3, -0.25) is 4.79 Å². The number of nitrogens with two attached hydrogens (primary N) is 1. The number of amides is 1. The van der Waals surface area contributed by atoms with Gasteiger partial charge in [-0.1, -0.05) is 6.92 Å². The summed E-state index contributed by atoms with van der Waals surface area (Å²) >= 11 is 0. The highest BCUT2D eigenvalue weighted by Crippen LogP contribution is 1.85. The Balaban J connectivity index is 3.58. The summed E-state index contributed by atoms with van der Waals surface area (Å²) in [4.78, 5) is 10.4. The van der Waals surface area contributed by atoms with Crippen LogP contribution < -0.4 is 11.1 Å². The monoisotopic (exact) mass is 142 g/mol. The number of carbonyl (C=O) groups is 1. The summed E-state index contributed by atoms with van der Waals surface area (Å²) in [5, 5.41) is 2.95. The third kappa shape index (κ3) is 3.95. The molecule has 0 saturated carbocycles. The fourth-order valence-electron chi connectivity index (χ4n) is 0.441. The Morgan fingerprint density at radius 1 is 1.70 bits per heavy atom. The number of nitrogens with one attached hydrogen (secondary N) is 1. The van der Waals surface area contributed by atoms with Crippen molar-refractivity contribution < 1.29 is 4.79 Å². The van der Waals surface area contributed by atoms with Crippen molar-refractivity contribution in [2.24, 2.45) is 5.73 Å². The summed E-state index contributed by atoms with van der Waals surface area (Å²) in [7, 11) is 0. The Labute approximate surface area is 61.3 Å². The minimum absolute atomic E-state index is 0.372. The van der Waals surface area contributed by atoms with E-state index in [0.29, 0.717) is 5.57 Å². The zero-order chi connectivity index (χ0) is 7.98. The molecule has 0 saturated heterocycles. The van der Waals surface area contributed by atoms with E-state index in [1.807, 2.05) is 0 Å². The van der Waals surface area contributed by atoms with Crippen molar-refractivity contribution in [3.63, 3.8) is 0 Å². The molecule has 0 aliphatic heterocycles. The van der Waals surface area contributed by atoms with E-state index in [-0.39, 0.29) is 5.91 Å². The fraction of sp³-hybridized carbons (Fsp3) is 0.571. The van der Waals surface area contributed by atoms with Gasteiger partial charge in [-0.05, 0) is 13.3 Å². The van der Waals surface area contributed by atoms with E-state index < -0.39 is 0 Å². The molecule has 0 rings (SSSR count). The molecule has 3 N–H and O–H groups in total. The molecule has 58 valence electrons. The van der Waals surface area contributed by atoms with E-state index in [1.165, 1.54) is 0 Å². The second kappa shape index (κ2) is 4.85. The van der Waals surface area contributed by atoms with Gasteiger partial charge in [-0.15, -0.1) is 0 Å². The molecule has 0 aromatic rings. The highest BCUT2D eigenvalue weighted by atomic mass is 16.1. The molecule has 0 unspecified atom stereocenters. The average molecular weight is 142 g/mol. The quantitative estimate of drug-likeness (QED) is 0.440. The predicted octanol–water partition coefficient (Wildman–Crippen LogP) is 0.375. The number of rotatable bonds is 4. The molecule has 0 aliphatic rings. The smallest absolute Gasteiger partial charge is 0.245 e. The van der Waals surface area contributed by atoms with Gasteiger partial charge < -0.3 is 11.1 Å².